The average molecular weight is 357 g/mol. The lowest BCUT2D eigenvalue weighted by Gasteiger charge is -2.09. The zero-order valence-corrected chi connectivity index (χ0v) is 15.3. The summed E-state index contributed by atoms with van der Waals surface area (Å²) in [5, 5.41) is 5.32. The Labute approximate surface area is 156 Å². The van der Waals surface area contributed by atoms with Gasteiger partial charge in [0.15, 0.2) is 5.78 Å². The molecule has 0 fully saturated rings. The highest BCUT2D eigenvalue weighted by atomic mass is 16.5. The predicted molar refractivity (Wildman–Crippen MR) is 104 cm³/mol. The summed E-state index contributed by atoms with van der Waals surface area (Å²) < 4.78 is 7.78. The van der Waals surface area contributed by atoms with Crippen molar-refractivity contribution in [3.05, 3.63) is 59.8 Å². The third-order valence-electron chi connectivity index (χ3n) is 5.27. The largest absolute Gasteiger partial charge is 0.345 e. The number of nitrogens with zero attached hydrogens (tertiary/aromatic N) is 3. The van der Waals surface area contributed by atoms with Crippen LogP contribution in [0.3, 0.4) is 0 Å². The highest BCUT2D eigenvalue weighted by Crippen LogP contribution is 2.32. The van der Waals surface area contributed by atoms with Gasteiger partial charge in [-0.2, -0.15) is 4.98 Å². The molecule has 0 saturated carbocycles. The molecule has 2 aromatic carbocycles. The molecule has 1 aliphatic carbocycles. The monoisotopic (exact) mass is 357 g/mol. The number of benzene rings is 2. The highest BCUT2D eigenvalue weighted by molar-refractivity contribution is 6.02. The van der Waals surface area contributed by atoms with Gasteiger partial charge in [-0.15, -0.1) is 0 Å². The fourth-order valence-corrected chi connectivity index (χ4v) is 3.90. The molecule has 0 unspecified atom stereocenters. The molecule has 2 heterocycles. The summed E-state index contributed by atoms with van der Waals surface area (Å²) in [6.45, 7) is 4.33. The van der Waals surface area contributed by atoms with E-state index in [0.717, 1.165) is 34.1 Å². The fraction of sp³-hybridized carbons (Fsp3) is 0.227. The van der Waals surface area contributed by atoms with Gasteiger partial charge in [0.25, 0.3) is 5.89 Å². The topological polar surface area (TPSA) is 60.9 Å². The Bertz CT molecular complexity index is 1180. The van der Waals surface area contributed by atoms with Crippen molar-refractivity contribution in [1.82, 2.24) is 14.7 Å². The van der Waals surface area contributed by atoms with Gasteiger partial charge in [-0.1, -0.05) is 23.4 Å². The lowest BCUT2D eigenvalue weighted by molar-refractivity contribution is 0.0994. The molecular formula is C22H19N3O2. The van der Waals surface area contributed by atoms with Gasteiger partial charge < -0.3 is 9.09 Å². The van der Waals surface area contributed by atoms with Crippen molar-refractivity contribution < 1.29 is 9.32 Å². The third kappa shape index (κ3) is 2.50. The van der Waals surface area contributed by atoms with Crippen LogP contribution in [0.25, 0.3) is 33.7 Å². The van der Waals surface area contributed by atoms with E-state index in [-0.39, 0.29) is 5.78 Å². The van der Waals surface area contributed by atoms with Gasteiger partial charge in [0.05, 0.1) is 0 Å². The molecule has 0 radical (unpaired) electrons. The van der Waals surface area contributed by atoms with Crippen molar-refractivity contribution in [2.45, 2.75) is 32.7 Å². The van der Waals surface area contributed by atoms with E-state index in [1.165, 1.54) is 5.52 Å². The second kappa shape index (κ2) is 5.91. The summed E-state index contributed by atoms with van der Waals surface area (Å²) in [6.07, 6.45) is 3.39. The van der Waals surface area contributed by atoms with Crippen molar-refractivity contribution in [1.29, 1.82) is 0 Å². The molecule has 4 aromatic rings. The lowest BCUT2D eigenvalue weighted by atomic mass is 10.0. The van der Waals surface area contributed by atoms with Gasteiger partial charge in [-0.25, -0.2) is 0 Å². The molecule has 0 spiro atoms. The van der Waals surface area contributed by atoms with Crippen LogP contribution in [-0.4, -0.2) is 20.5 Å². The van der Waals surface area contributed by atoms with Crippen LogP contribution in [0.1, 0.15) is 42.2 Å². The van der Waals surface area contributed by atoms with Gasteiger partial charge in [0.2, 0.25) is 5.82 Å². The molecule has 0 N–H and O–H groups in total. The minimum absolute atomic E-state index is 0.190. The number of ketones is 1. The molecule has 5 heteroatoms. The van der Waals surface area contributed by atoms with Crippen LogP contribution in [0.5, 0.6) is 0 Å². The molecule has 27 heavy (non-hydrogen) atoms. The van der Waals surface area contributed by atoms with Gasteiger partial charge in [0, 0.05) is 46.3 Å². The Morgan fingerprint density at radius 2 is 1.93 bits per heavy atom. The first-order chi connectivity index (χ1) is 13.1. The van der Waals surface area contributed by atoms with Crippen molar-refractivity contribution in [2.24, 2.45) is 0 Å². The predicted octanol–water partition coefficient (Wildman–Crippen LogP) is 5.07. The molecule has 0 atom stereocenters. The molecule has 0 bridgehead atoms. The van der Waals surface area contributed by atoms with Crippen molar-refractivity contribution in [2.75, 3.05) is 0 Å². The van der Waals surface area contributed by atoms with E-state index in [1.807, 2.05) is 24.3 Å². The minimum atomic E-state index is 0.190. The molecule has 5 nitrogen and oxygen atoms in total. The molecule has 0 amide bonds. The Morgan fingerprint density at radius 1 is 1.07 bits per heavy atom. The van der Waals surface area contributed by atoms with E-state index in [4.69, 9.17) is 4.52 Å². The highest BCUT2D eigenvalue weighted by Gasteiger charge is 2.24. The standard InChI is InChI=1S/C22H19N3O2/c1-13(2)25-11-10-14-12-15(6-8-19(14)25)22-23-21(24-27-22)18-5-3-4-17-16(18)7-9-20(17)26/h3-6,8,10-13H,7,9H2,1-2H3. The van der Waals surface area contributed by atoms with E-state index in [1.54, 1.807) is 0 Å². The maximum absolute atomic E-state index is 12.0. The Hall–Kier alpha value is -3.21. The molecule has 2 aromatic heterocycles. The summed E-state index contributed by atoms with van der Waals surface area (Å²) in [6, 6.07) is 14.4. The normalized spacial score (nSPS) is 13.7. The summed E-state index contributed by atoms with van der Waals surface area (Å²) in [5.41, 5.74) is 4.79. The van der Waals surface area contributed by atoms with Crippen molar-refractivity contribution in [3.8, 4) is 22.8 Å². The number of fused-ring (bicyclic) bond motifs is 2. The van der Waals surface area contributed by atoms with Gasteiger partial charge in [-0.05, 0) is 50.1 Å². The van der Waals surface area contributed by atoms with Crippen LogP contribution in [0, 0.1) is 0 Å². The van der Waals surface area contributed by atoms with E-state index < -0.39 is 0 Å². The lowest BCUT2D eigenvalue weighted by Crippen LogP contribution is -1.97. The second-order valence-corrected chi connectivity index (χ2v) is 7.27. The molecule has 5 rings (SSSR count). The molecule has 0 saturated heterocycles. The van der Waals surface area contributed by atoms with E-state index >= 15 is 0 Å². The SMILES string of the molecule is CC(C)n1ccc2cc(-c3nc(-c4cccc5c4CCC5=O)no3)ccc21. The first kappa shape index (κ1) is 16.0. The van der Waals surface area contributed by atoms with Crippen molar-refractivity contribution in [3.63, 3.8) is 0 Å². The number of rotatable bonds is 3. The summed E-state index contributed by atoms with van der Waals surface area (Å²) in [7, 11) is 0. The number of carbonyl (C=O) groups is 1. The number of carbonyl (C=O) groups excluding carboxylic acids is 1. The summed E-state index contributed by atoms with van der Waals surface area (Å²) in [4.78, 5) is 16.6. The Morgan fingerprint density at radius 3 is 2.78 bits per heavy atom. The maximum atomic E-state index is 12.0. The first-order valence-corrected chi connectivity index (χ1v) is 9.22. The quantitative estimate of drug-likeness (QED) is 0.514. The maximum Gasteiger partial charge on any atom is 0.258 e. The van der Waals surface area contributed by atoms with E-state index in [2.05, 4.69) is 53.0 Å². The number of hydrogen-bond acceptors (Lipinski definition) is 4. The first-order valence-electron chi connectivity index (χ1n) is 9.22. The fourth-order valence-electron chi connectivity index (χ4n) is 3.90. The molecular weight excluding hydrogens is 338 g/mol. The van der Waals surface area contributed by atoms with Crippen LogP contribution in [0.2, 0.25) is 0 Å². The van der Waals surface area contributed by atoms with Crippen LogP contribution in [-0.2, 0) is 6.42 Å². The van der Waals surface area contributed by atoms with Crippen LogP contribution in [0.4, 0.5) is 0 Å². The second-order valence-electron chi connectivity index (χ2n) is 7.27. The number of hydrogen-bond donors (Lipinski definition) is 0. The third-order valence-corrected chi connectivity index (χ3v) is 5.27. The van der Waals surface area contributed by atoms with E-state index in [0.29, 0.717) is 24.2 Å². The number of Topliss-reactive ketones (excluding diaryl/α,β-unsaturated/α-hetero) is 1. The zero-order valence-electron chi connectivity index (χ0n) is 15.3. The van der Waals surface area contributed by atoms with Crippen LogP contribution < -0.4 is 0 Å². The van der Waals surface area contributed by atoms with Gasteiger partial charge in [-0.3, -0.25) is 4.79 Å². The smallest absolute Gasteiger partial charge is 0.258 e. The van der Waals surface area contributed by atoms with Crippen molar-refractivity contribution >= 4 is 16.7 Å². The summed E-state index contributed by atoms with van der Waals surface area (Å²) >= 11 is 0. The van der Waals surface area contributed by atoms with Gasteiger partial charge >= 0.3 is 0 Å². The summed E-state index contributed by atoms with van der Waals surface area (Å²) in [5.74, 6) is 1.22. The van der Waals surface area contributed by atoms with E-state index in [9.17, 15) is 4.79 Å². The molecule has 134 valence electrons. The van der Waals surface area contributed by atoms with Gasteiger partial charge in [0.1, 0.15) is 0 Å². The Kier molecular flexibility index (Phi) is 3.50. The average Bonchev–Trinajstić information content (AvgIpc) is 3.39. The van der Waals surface area contributed by atoms with Crippen LogP contribution >= 0.6 is 0 Å². The van der Waals surface area contributed by atoms with Crippen LogP contribution in [0.15, 0.2) is 53.2 Å². The zero-order chi connectivity index (χ0) is 18.5. The number of aromatic nitrogens is 3. The molecule has 1 aliphatic rings. The minimum Gasteiger partial charge on any atom is -0.345 e. The molecule has 0 aliphatic heterocycles. The Balaban J connectivity index is 1.55.